The van der Waals surface area contributed by atoms with Gasteiger partial charge in [0.15, 0.2) is 17.5 Å². The van der Waals surface area contributed by atoms with Gasteiger partial charge < -0.3 is 14.6 Å². The van der Waals surface area contributed by atoms with Gasteiger partial charge in [-0.3, -0.25) is 4.57 Å². The van der Waals surface area contributed by atoms with E-state index in [1.54, 1.807) is 37.3 Å². The molecule has 1 N–H and O–H groups in total. The van der Waals surface area contributed by atoms with E-state index < -0.39 is 40.9 Å². The summed E-state index contributed by atoms with van der Waals surface area (Å²) < 4.78 is 67.1. The zero-order valence-corrected chi connectivity index (χ0v) is 22.4. The number of benzene rings is 3. The Bertz CT molecular complexity index is 1580. The summed E-state index contributed by atoms with van der Waals surface area (Å²) in [6.07, 6.45) is -5.21. The van der Waals surface area contributed by atoms with Crippen molar-refractivity contribution in [2.24, 2.45) is 0 Å². The lowest BCUT2D eigenvalue weighted by Gasteiger charge is -2.21. The standard InChI is InChI=1S/C29H27F4N3O5/c1-18(40-22-12-14-23(15-13-22)41-28(2,3)26(37)38)25-34-36(21-10-8-20(9-11-21)29(31,32)33)27(39)35(25)17-16-19-6-4-5-7-24(19)30/h4-15,18H,16-17H2,1-3H3,(H,37,38). The van der Waals surface area contributed by atoms with Crippen molar-refractivity contribution in [2.45, 2.75) is 51.6 Å². The number of hydrogen-bond acceptors (Lipinski definition) is 5. The minimum Gasteiger partial charge on any atom is -0.483 e. The minimum absolute atomic E-state index is 0.0283. The normalized spacial score (nSPS) is 12.7. The van der Waals surface area contributed by atoms with Crippen LogP contribution in [0.5, 0.6) is 11.5 Å². The number of aryl methyl sites for hydroxylation is 1. The second-order valence-corrected chi connectivity index (χ2v) is 9.74. The zero-order valence-electron chi connectivity index (χ0n) is 22.4. The zero-order chi connectivity index (χ0) is 29.9. The molecule has 0 spiro atoms. The molecule has 0 radical (unpaired) electrons. The summed E-state index contributed by atoms with van der Waals surface area (Å²) in [7, 11) is 0. The Morgan fingerprint density at radius 1 is 0.976 bits per heavy atom. The SMILES string of the molecule is CC(Oc1ccc(OC(C)(C)C(=O)O)cc1)c1nn(-c2ccc(C(F)(F)F)cc2)c(=O)n1CCc1ccccc1F. The first kappa shape index (κ1) is 29.4. The van der Waals surface area contributed by atoms with Gasteiger partial charge in [-0.1, -0.05) is 18.2 Å². The number of alkyl halides is 3. The number of carbonyl (C=O) groups is 1. The maximum atomic E-state index is 14.3. The minimum atomic E-state index is -4.54. The van der Waals surface area contributed by atoms with Crippen LogP contribution in [0.3, 0.4) is 0 Å². The highest BCUT2D eigenvalue weighted by molar-refractivity contribution is 5.76. The van der Waals surface area contributed by atoms with Gasteiger partial charge in [-0.15, -0.1) is 5.10 Å². The Labute approximate surface area is 232 Å². The summed E-state index contributed by atoms with van der Waals surface area (Å²) in [5.74, 6) is -0.752. The highest BCUT2D eigenvalue weighted by Crippen LogP contribution is 2.30. The molecule has 0 aliphatic carbocycles. The van der Waals surface area contributed by atoms with Gasteiger partial charge >= 0.3 is 17.8 Å². The van der Waals surface area contributed by atoms with Crippen LogP contribution in [0.2, 0.25) is 0 Å². The van der Waals surface area contributed by atoms with Crippen molar-refractivity contribution in [3.63, 3.8) is 0 Å². The summed E-state index contributed by atoms with van der Waals surface area (Å²) >= 11 is 0. The molecule has 0 saturated heterocycles. The average molecular weight is 574 g/mol. The monoisotopic (exact) mass is 573 g/mol. The molecule has 8 nitrogen and oxygen atoms in total. The molecular formula is C29H27F4N3O5. The van der Waals surface area contributed by atoms with Crippen LogP contribution < -0.4 is 15.2 Å². The molecule has 0 aliphatic rings. The first-order chi connectivity index (χ1) is 19.3. The molecule has 0 aliphatic heterocycles. The van der Waals surface area contributed by atoms with Crippen LogP contribution in [0, 0.1) is 5.82 Å². The van der Waals surface area contributed by atoms with Crippen molar-refractivity contribution in [1.82, 2.24) is 14.3 Å². The first-order valence-corrected chi connectivity index (χ1v) is 12.6. The Kier molecular flexibility index (Phi) is 8.22. The smallest absolute Gasteiger partial charge is 0.416 e. The quantitative estimate of drug-likeness (QED) is 0.241. The van der Waals surface area contributed by atoms with Gasteiger partial charge in [0.25, 0.3) is 0 Å². The van der Waals surface area contributed by atoms with Gasteiger partial charge in [-0.25, -0.2) is 14.0 Å². The van der Waals surface area contributed by atoms with E-state index in [1.165, 1.54) is 36.6 Å². The molecule has 0 bridgehead atoms. The van der Waals surface area contributed by atoms with E-state index in [9.17, 15) is 32.3 Å². The molecule has 1 heterocycles. The maximum Gasteiger partial charge on any atom is 0.416 e. The van der Waals surface area contributed by atoms with Crippen molar-refractivity contribution in [3.05, 3.63) is 106 Å². The second kappa shape index (κ2) is 11.5. The Hall–Kier alpha value is -4.61. The van der Waals surface area contributed by atoms with E-state index in [4.69, 9.17) is 9.47 Å². The number of ether oxygens (including phenoxy) is 2. The van der Waals surface area contributed by atoms with Gasteiger partial charge in [-0.2, -0.15) is 17.9 Å². The van der Waals surface area contributed by atoms with Crippen LogP contribution >= 0.6 is 0 Å². The summed E-state index contributed by atoms with van der Waals surface area (Å²) in [6, 6.07) is 16.3. The van der Waals surface area contributed by atoms with Crippen LogP contribution in [0.1, 0.15) is 43.8 Å². The molecule has 0 fully saturated rings. The molecule has 1 aromatic heterocycles. The largest absolute Gasteiger partial charge is 0.483 e. The number of aromatic nitrogens is 3. The molecule has 41 heavy (non-hydrogen) atoms. The lowest BCUT2D eigenvalue weighted by Crippen LogP contribution is -2.37. The van der Waals surface area contributed by atoms with Crippen LogP contribution in [-0.2, 0) is 23.9 Å². The highest BCUT2D eigenvalue weighted by atomic mass is 19.4. The molecular weight excluding hydrogens is 546 g/mol. The lowest BCUT2D eigenvalue weighted by molar-refractivity contribution is -0.152. The van der Waals surface area contributed by atoms with Crippen LogP contribution in [0.4, 0.5) is 17.6 Å². The summed E-state index contributed by atoms with van der Waals surface area (Å²) in [4.78, 5) is 24.7. The number of hydrogen-bond donors (Lipinski definition) is 1. The van der Waals surface area contributed by atoms with Gasteiger partial charge in [0.1, 0.15) is 17.3 Å². The van der Waals surface area contributed by atoms with Gasteiger partial charge in [0.2, 0.25) is 0 Å². The second-order valence-electron chi connectivity index (χ2n) is 9.74. The Morgan fingerprint density at radius 3 is 2.17 bits per heavy atom. The molecule has 1 atom stereocenters. The molecule has 0 amide bonds. The Balaban J connectivity index is 1.63. The van der Waals surface area contributed by atoms with Gasteiger partial charge in [0, 0.05) is 6.54 Å². The molecule has 216 valence electrons. The van der Waals surface area contributed by atoms with E-state index in [1.807, 2.05) is 0 Å². The molecule has 1 unspecified atom stereocenters. The molecule has 12 heteroatoms. The van der Waals surface area contributed by atoms with Crippen molar-refractivity contribution >= 4 is 5.97 Å². The number of halogens is 4. The summed E-state index contributed by atoms with van der Waals surface area (Å²) in [6.45, 7) is 4.49. The first-order valence-electron chi connectivity index (χ1n) is 12.6. The van der Waals surface area contributed by atoms with Gasteiger partial charge in [-0.05, 0) is 87.4 Å². The number of nitrogens with zero attached hydrogens (tertiary/aromatic N) is 3. The van der Waals surface area contributed by atoms with Crippen LogP contribution in [0.15, 0.2) is 77.6 Å². The summed E-state index contributed by atoms with van der Waals surface area (Å²) in [5, 5.41) is 13.6. The number of carboxylic acids is 1. The van der Waals surface area contributed by atoms with Gasteiger partial charge in [0.05, 0.1) is 11.3 Å². The third-order valence-corrected chi connectivity index (χ3v) is 6.28. The highest BCUT2D eigenvalue weighted by Gasteiger charge is 2.31. The Morgan fingerprint density at radius 2 is 1.59 bits per heavy atom. The average Bonchev–Trinajstić information content (AvgIpc) is 3.24. The molecule has 3 aromatic carbocycles. The predicted molar refractivity (Wildman–Crippen MR) is 141 cm³/mol. The summed E-state index contributed by atoms with van der Waals surface area (Å²) in [5.41, 5.74) is -2.46. The number of aliphatic carboxylic acids is 1. The van der Waals surface area contributed by atoms with E-state index in [2.05, 4.69) is 5.10 Å². The van der Waals surface area contributed by atoms with E-state index >= 15 is 0 Å². The van der Waals surface area contributed by atoms with E-state index in [-0.39, 0.29) is 24.5 Å². The maximum absolute atomic E-state index is 14.3. The van der Waals surface area contributed by atoms with Crippen molar-refractivity contribution in [3.8, 4) is 17.2 Å². The lowest BCUT2D eigenvalue weighted by atomic mass is 10.1. The topological polar surface area (TPSA) is 95.6 Å². The van der Waals surface area contributed by atoms with Crippen molar-refractivity contribution in [1.29, 1.82) is 0 Å². The van der Waals surface area contributed by atoms with E-state index in [0.717, 1.165) is 28.9 Å². The van der Waals surface area contributed by atoms with Crippen molar-refractivity contribution < 1.29 is 36.9 Å². The third kappa shape index (κ3) is 6.76. The fraction of sp³-hybridized carbons (Fsp3) is 0.276. The van der Waals surface area contributed by atoms with Crippen molar-refractivity contribution in [2.75, 3.05) is 0 Å². The van der Waals surface area contributed by atoms with Crippen LogP contribution in [-0.4, -0.2) is 31.0 Å². The van der Waals surface area contributed by atoms with E-state index in [0.29, 0.717) is 17.1 Å². The molecule has 0 saturated carbocycles. The fourth-order valence-corrected chi connectivity index (χ4v) is 4.00. The third-order valence-electron chi connectivity index (χ3n) is 6.28. The number of rotatable bonds is 10. The molecule has 4 aromatic rings. The number of carboxylic acid groups (broad SMARTS) is 1. The fourth-order valence-electron chi connectivity index (χ4n) is 4.00. The van der Waals surface area contributed by atoms with Crippen LogP contribution in [0.25, 0.3) is 5.69 Å². The molecule has 4 rings (SSSR count). The predicted octanol–water partition coefficient (Wildman–Crippen LogP) is 5.82.